The molecule has 1 fully saturated rings. The van der Waals surface area contributed by atoms with Crippen LogP contribution in [0, 0.1) is 13.8 Å². The molecule has 1 aliphatic rings. The highest BCUT2D eigenvalue weighted by molar-refractivity contribution is 7.89. The summed E-state index contributed by atoms with van der Waals surface area (Å²) in [7, 11) is -8.29. The summed E-state index contributed by atoms with van der Waals surface area (Å²) in [5.74, 6) is -1.36. The third-order valence-corrected chi connectivity index (χ3v) is 7.97. The minimum atomic E-state index is -4.16. The van der Waals surface area contributed by atoms with Crippen LogP contribution in [0.2, 0.25) is 0 Å². The molecule has 0 unspecified atom stereocenters. The maximum Gasteiger partial charge on any atom is 0.322 e. The first kappa shape index (κ1) is 21.4. The van der Waals surface area contributed by atoms with Gasteiger partial charge in [0.25, 0.3) is 10.1 Å². The molecular formula is C19H21NO7S2. The maximum atomic E-state index is 12.9. The van der Waals surface area contributed by atoms with E-state index in [1.54, 1.807) is 38.1 Å². The fourth-order valence-electron chi connectivity index (χ4n) is 3.11. The average molecular weight is 440 g/mol. The quantitative estimate of drug-likeness (QED) is 0.683. The number of carboxylic acid groups (broad SMARTS) is 1. The second kappa shape index (κ2) is 7.86. The molecule has 1 aliphatic heterocycles. The fraction of sp³-hybridized carbons (Fsp3) is 0.316. The molecule has 156 valence electrons. The van der Waals surface area contributed by atoms with Gasteiger partial charge in [-0.3, -0.25) is 8.98 Å². The number of aliphatic carboxylic acids is 1. The molecule has 0 aliphatic carbocycles. The van der Waals surface area contributed by atoms with Crippen molar-refractivity contribution in [1.29, 1.82) is 0 Å². The van der Waals surface area contributed by atoms with Gasteiger partial charge in [0.15, 0.2) is 0 Å². The highest BCUT2D eigenvalue weighted by Gasteiger charge is 2.46. The molecule has 0 saturated carbocycles. The van der Waals surface area contributed by atoms with Gasteiger partial charge in [0, 0.05) is 13.0 Å². The zero-order valence-electron chi connectivity index (χ0n) is 15.8. The lowest BCUT2D eigenvalue weighted by Crippen LogP contribution is -2.40. The van der Waals surface area contributed by atoms with Crippen molar-refractivity contribution in [2.45, 2.75) is 42.2 Å². The Hall–Kier alpha value is -2.27. The largest absolute Gasteiger partial charge is 0.480 e. The van der Waals surface area contributed by atoms with E-state index < -0.39 is 38.3 Å². The molecular weight excluding hydrogens is 418 g/mol. The first-order chi connectivity index (χ1) is 13.5. The van der Waals surface area contributed by atoms with Crippen LogP contribution in [0.1, 0.15) is 17.5 Å². The van der Waals surface area contributed by atoms with E-state index in [1.807, 2.05) is 0 Å². The Kier molecular flexibility index (Phi) is 5.81. The molecule has 29 heavy (non-hydrogen) atoms. The Morgan fingerprint density at radius 3 is 1.90 bits per heavy atom. The van der Waals surface area contributed by atoms with E-state index in [2.05, 4.69) is 0 Å². The monoisotopic (exact) mass is 439 g/mol. The number of benzene rings is 2. The molecule has 10 heteroatoms. The van der Waals surface area contributed by atoms with Gasteiger partial charge in [0.2, 0.25) is 10.0 Å². The van der Waals surface area contributed by atoms with Crippen LogP contribution in [0.5, 0.6) is 0 Å². The zero-order chi connectivity index (χ0) is 21.4. The van der Waals surface area contributed by atoms with Gasteiger partial charge in [-0.05, 0) is 38.1 Å². The number of carboxylic acids is 1. The smallest absolute Gasteiger partial charge is 0.322 e. The van der Waals surface area contributed by atoms with Crippen molar-refractivity contribution in [3.63, 3.8) is 0 Å². The second-order valence-electron chi connectivity index (χ2n) is 6.96. The summed E-state index contributed by atoms with van der Waals surface area (Å²) in [5.41, 5.74) is 1.72. The van der Waals surface area contributed by atoms with Crippen molar-refractivity contribution in [3.8, 4) is 0 Å². The Labute approximate surface area is 169 Å². The number of carbonyl (C=O) groups is 1. The van der Waals surface area contributed by atoms with Crippen LogP contribution in [0.4, 0.5) is 0 Å². The summed E-state index contributed by atoms with van der Waals surface area (Å²) in [6.07, 6.45) is -1.38. The Morgan fingerprint density at radius 2 is 1.41 bits per heavy atom. The summed E-state index contributed by atoms with van der Waals surface area (Å²) in [5, 5.41) is 9.49. The van der Waals surface area contributed by atoms with E-state index in [0.717, 1.165) is 15.4 Å². The van der Waals surface area contributed by atoms with Gasteiger partial charge in [0.1, 0.15) is 6.04 Å². The molecule has 0 amide bonds. The van der Waals surface area contributed by atoms with E-state index in [9.17, 15) is 26.7 Å². The molecule has 0 radical (unpaired) electrons. The van der Waals surface area contributed by atoms with E-state index in [0.29, 0.717) is 0 Å². The van der Waals surface area contributed by atoms with Crippen molar-refractivity contribution in [3.05, 3.63) is 59.7 Å². The van der Waals surface area contributed by atoms with Gasteiger partial charge in [0.05, 0.1) is 15.9 Å². The number of hydrogen-bond acceptors (Lipinski definition) is 6. The molecule has 0 bridgehead atoms. The lowest BCUT2D eigenvalue weighted by Gasteiger charge is -2.20. The van der Waals surface area contributed by atoms with Crippen LogP contribution in [-0.2, 0) is 29.1 Å². The standard InChI is InChI=1S/C19H21NO7S2/c1-13-3-7-16(8-4-13)28(23,24)20-12-15(11-18(20)19(21)22)27-29(25,26)17-9-5-14(2)6-10-17/h3-10,15,18H,11-12H2,1-2H3,(H,21,22)/t15-,18-/m1/s1. The van der Waals surface area contributed by atoms with Crippen LogP contribution in [0.15, 0.2) is 58.3 Å². The van der Waals surface area contributed by atoms with E-state index >= 15 is 0 Å². The predicted molar refractivity (Wildman–Crippen MR) is 104 cm³/mol. The molecule has 0 spiro atoms. The summed E-state index contributed by atoms with van der Waals surface area (Å²) < 4.78 is 56.9. The minimum Gasteiger partial charge on any atom is -0.480 e. The van der Waals surface area contributed by atoms with Crippen LogP contribution in [-0.4, -0.2) is 50.9 Å². The van der Waals surface area contributed by atoms with E-state index in [1.165, 1.54) is 24.3 Å². The molecule has 1 N–H and O–H groups in total. The van der Waals surface area contributed by atoms with Gasteiger partial charge in [-0.25, -0.2) is 8.42 Å². The number of nitrogens with zero attached hydrogens (tertiary/aromatic N) is 1. The van der Waals surface area contributed by atoms with Gasteiger partial charge in [-0.15, -0.1) is 0 Å². The first-order valence-corrected chi connectivity index (χ1v) is 11.7. The van der Waals surface area contributed by atoms with Crippen molar-refractivity contribution in [2.75, 3.05) is 6.54 Å². The zero-order valence-corrected chi connectivity index (χ0v) is 17.5. The van der Waals surface area contributed by atoms with Gasteiger partial charge < -0.3 is 5.11 Å². The molecule has 2 atom stereocenters. The minimum absolute atomic E-state index is 0.0589. The van der Waals surface area contributed by atoms with Crippen LogP contribution < -0.4 is 0 Å². The number of rotatable bonds is 6. The molecule has 8 nitrogen and oxygen atoms in total. The first-order valence-electron chi connectivity index (χ1n) is 8.82. The van der Waals surface area contributed by atoms with Gasteiger partial charge in [-0.2, -0.15) is 12.7 Å². The third kappa shape index (κ3) is 4.50. The van der Waals surface area contributed by atoms with Gasteiger partial charge >= 0.3 is 5.97 Å². The molecule has 0 aromatic heterocycles. The average Bonchev–Trinajstić information content (AvgIpc) is 3.07. The van der Waals surface area contributed by atoms with Gasteiger partial charge in [-0.1, -0.05) is 35.4 Å². The number of sulfonamides is 1. The SMILES string of the molecule is Cc1ccc(S(=O)(=O)O[C@@H]2C[C@H](C(=O)O)N(S(=O)(=O)c3ccc(C)cc3)C2)cc1. The van der Waals surface area contributed by atoms with Crippen molar-refractivity contribution in [2.24, 2.45) is 0 Å². The molecule has 1 saturated heterocycles. The molecule has 1 heterocycles. The normalized spacial score (nSPS) is 20.6. The van der Waals surface area contributed by atoms with Crippen LogP contribution in [0.25, 0.3) is 0 Å². The fourth-order valence-corrected chi connectivity index (χ4v) is 5.82. The maximum absolute atomic E-state index is 12.9. The highest BCUT2D eigenvalue weighted by atomic mass is 32.2. The van der Waals surface area contributed by atoms with E-state index in [4.69, 9.17) is 4.18 Å². The summed E-state index contributed by atoms with van der Waals surface area (Å²) in [6, 6.07) is 10.6. The second-order valence-corrected chi connectivity index (χ2v) is 10.4. The Morgan fingerprint density at radius 1 is 0.931 bits per heavy atom. The topological polar surface area (TPSA) is 118 Å². The number of hydrogen-bond donors (Lipinski definition) is 1. The Balaban J connectivity index is 1.86. The van der Waals surface area contributed by atoms with Crippen LogP contribution >= 0.6 is 0 Å². The molecule has 2 aromatic carbocycles. The summed E-state index contributed by atoms with van der Waals surface area (Å²) >= 11 is 0. The number of aryl methyl sites for hydroxylation is 2. The third-order valence-electron chi connectivity index (χ3n) is 4.70. The van der Waals surface area contributed by atoms with Crippen molar-refractivity contribution in [1.82, 2.24) is 4.31 Å². The molecule has 3 rings (SSSR count). The molecule has 2 aromatic rings. The van der Waals surface area contributed by atoms with E-state index in [-0.39, 0.29) is 22.8 Å². The summed E-state index contributed by atoms with van der Waals surface area (Å²) in [6.45, 7) is 3.23. The highest BCUT2D eigenvalue weighted by Crippen LogP contribution is 2.30. The predicted octanol–water partition coefficient (Wildman–Crippen LogP) is 1.93. The lowest BCUT2D eigenvalue weighted by molar-refractivity contribution is -0.140. The Bertz CT molecular complexity index is 1110. The van der Waals surface area contributed by atoms with Crippen LogP contribution in [0.3, 0.4) is 0 Å². The van der Waals surface area contributed by atoms with Crippen molar-refractivity contribution < 1.29 is 30.9 Å². The van der Waals surface area contributed by atoms with Crippen molar-refractivity contribution >= 4 is 26.1 Å². The lowest BCUT2D eigenvalue weighted by atomic mass is 10.2. The summed E-state index contributed by atoms with van der Waals surface area (Å²) in [4.78, 5) is 11.5.